The quantitative estimate of drug-likeness (QED) is 0.250. The average molecular weight is 384 g/mol. The molecular formula is C18H16N4O6. The Bertz CT molecular complexity index is 925. The number of benzene rings is 1. The van der Waals surface area contributed by atoms with Crippen LogP contribution in [-0.4, -0.2) is 40.5 Å². The Hall–Kier alpha value is -3.56. The van der Waals surface area contributed by atoms with Gasteiger partial charge in [0, 0.05) is 17.7 Å². The van der Waals surface area contributed by atoms with Gasteiger partial charge in [-0.25, -0.2) is 0 Å². The van der Waals surface area contributed by atoms with E-state index in [-0.39, 0.29) is 40.7 Å². The fourth-order valence-corrected chi connectivity index (χ4v) is 4.15. The molecule has 1 heterocycles. The number of primary amides is 1. The lowest BCUT2D eigenvalue weighted by molar-refractivity contribution is -0.384. The lowest BCUT2D eigenvalue weighted by atomic mass is 9.85. The smallest absolute Gasteiger partial charge is 0.270 e. The number of carbonyl (C=O) groups excluding carboxylic acids is 3. The van der Waals surface area contributed by atoms with Gasteiger partial charge in [0.05, 0.1) is 23.0 Å². The SMILES string of the molecule is NC(=O)COc1ccc([N+](=O)[O-])cc1C=NN1C(=O)C2C3C=CC(C3)C2C1=O. The number of nitrogens with two attached hydrogens (primary N) is 1. The van der Waals surface area contributed by atoms with Crippen LogP contribution in [0.25, 0.3) is 0 Å². The van der Waals surface area contributed by atoms with Gasteiger partial charge in [-0.05, 0) is 24.3 Å². The molecule has 1 aromatic rings. The summed E-state index contributed by atoms with van der Waals surface area (Å²) in [5.74, 6) is -2.01. The molecule has 2 aliphatic carbocycles. The molecule has 1 aromatic carbocycles. The van der Waals surface area contributed by atoms with E-state index in [2.05, 4.69) is 5.10 Å². The van der Waals surface area contributed by atoms with Crippen LogP contribution in [-0.2, 0) is 14.4 Å². The summed E-state index contributed by atoms with van der Waals surface area (Å²) in [6, 6.07) is 3.68. The minimum atomic E-state index is -0.720. The fourth-order valence-electron chi connectivity index (χ4n) is 4.15. The number of rotatable bonds is 6. The number of nitro benzene ring substituents is 1. The van der Waals surface area contributed by atoms with Crippen LogP contribution in [0.15, 0.2) is 35.5 Å². The van der Waals surface area contributed by atoms with Gasteiger partial charge in [-0.1, -0.05) is 12.2 Å². The largest absolute Gasteiger partial charge is 0.483 e. The van der Waals surface area contributed by atoms with Crippen molar-refractivity contribution in [3.8, 4) is 5.75 Å². The monoisotopic (exact) mass is 384 g/mol. The molecule has 4 unspecified atom stereocenters. The number of carbonyl (C=O) groups is 3. The normalized spacial score (nSPS) is 27.6. The maximum absolute atomic E-state index is 12.6. The van der Waals surface area contributed by atoms with Crippen LogP contribution >= 0.6 is 0 Å². The van der Waals surface area contributed by atoms with Crippen molar-refractivity contribution in [1.29, 1.82) is 0 Å². The van der Waals surface area contributed by atoms with Crippen molar-refractivity contribution in [2.24, 2.45) is 34.5 Å². The van der Waals surface area contributed by atoms with E-state index in [0.29, 0.717) is 0 Å². The van der Waals surface area contributed by atoms with Gasteiger partial charge in [0.1, 0.15) is 5.75 Å². The van der Waals surface area contributed by atoms with Crippen molar-refractivity contribution in [3.05, 3.63) is 46.0 Å². The molecule has 10 heteroatoms. The molecule has 0 radical (unpaired) electrons. The summed E-state index contributed by atoms with van der Waals surface area (Å²) in [5, 5.41) is 15.8. The van der Waals surface area contributed by atoms with Gasteiger partial charge in [-0.15, -0.1) is 0 Å². The summed E-state index contributed by atoms with van der Waals surface area (Å²) >= 11 is 0. The van der Waals surface area contributed by atoms with Crippen molar-refractivity contribution in [2.45, 2.75) is 6.42 Å². The molecule has 0 spiro atoms. The molecule has 1 saturated heterocycles. The highest BCUT2D eigenvalue weighted by Crippen LogP contribution is 2.52. The molecule has 3 amide bonds. The molecule has 4 atom stereocenters. The first-order valence-corrected chi connectivity index (χ1v) is 8.66. The molecule has 2 bridgehead atoms. The van der Waals surface area contributed by atoms with Crippen LogP contribution in [0.5, 0.6) is 5.75 Å². The van der Waals surface area contributed by atoms with Crippen molar-refractivity contribution in [1.82, 2.24) is 5.01 Å². The van der Waals surface area contributed by atoms with Crippen LogP contribution in [0.2, 0.25) is 0 Å². The molecule has 10 nitrogen and oxygen atoms in total. The van der Waals surface area contributed by atoms with E-state index in [0.717, 1.165) is 17.6 Å². The molecule has 3 aliphatic rings. The van der Waals surface area contributed by atoms with Gasteiger partial charge in [-0.3, -0.25) is 24.5 Å². The first kappa shape index (κ1) is 17.8. The topological polar surface area (TPSA) is 145 Å². The number of imide groups is 1. The van der Waals surface area contributed by atoms with Crippen LogP contribution in [0.4, 0.5) is 5.69 Å². The summed E-state index contributed by atoms with van der Waals surface area (Å²) in [4.78, 5) is 46.6. The third-order valence-corrected chi connectivity index (χ3v) is 5.33. The van der Waals surface area contributed by atoms with Gasteiger partial charge in [0.2, 0.25) is 0 Å². The van der Waals surface area contributed by atoms with Crippen molar-refractivity contribution in [3.63, 3.8) is 0 Å². The Morgan fingerprint density at radius 2 is 1.93 bits per heavy atom. The number of hydrogen-bond acceptors (Lipinski definition) is 7. The van der Waals surface area contributed by atoms with Crippen molar-refractivity contribution >= 4 is 29.6 Å². The molecule has 2 fully saturated rings. The van der Waals surface area contributed by atoms with Crippen molar-refractivity contribution in [2.75, 3.05) is 6.61 Å². The predicted molar refractivity (Wildman–Crippen MR) is 94.9 cm³/mol. The highest BCUT2D eigenvalue weighted by atomic mass is 16.6. The number of ether oxygens (including phenoxy) is 1. The zero-order valence-electron chi connectivity index (χ0n) is 14.6. The van der Waals surface area contributed by atoms with E-state index in [4.69, 9.17) is 10.5 Å². The highest BCUT2D eigenvalue weighted by molar-refractivity contribution is 6.07. The molecule has 2 N–H and O–H groups in total. The number of nitro groups is 1. The third-order valence-electron chi connectivity index (χ3n) is 5.33. The summed E-state index contributed by atoms with van der Waals surface area (Å²) in [5.41, 5.74) is 4.97. The predicted octanol–water partition coefficient (Wildman–Crippen LogP) is 0.600. The Labute approximate surface area is 158 Å². The number of fused-ring (bicyclic) bond motifs is 5. The van der Waals surface area contributed by atoms with E-state index in [9.17, 15) is 24.5 Å². The fraction of sp³-hybridized carbons (Fsp3) is 0.333. The average Bonchev–Trinajstić information content (AvgIpc) is 3.33. The van der Waals surface area contributed by atoms with Crippen LogP contribution in [0.3, 0.4) is 0 Å². The molecule has 0 aromatic heterocycles. The summed E-state index contributed by atoms with van der Waals surface area (Å²) in [6.07, 6.45) is 5.90. The molecule has 1 aliphatic heterocycles. The number of nitrogens with zero attached hydrogens (tertiary/aromatic N) is 3. The van der Waals surface area contributed by atoms with Gasteiger partial charge in [0.25, 0.3) is 23.4 Å². The van der Waals surface area contributed by atoms with Crippen LogP contribution in [0, 0.1) is 33.8 Å². The Morgan fingerprint density at radius 3 is 2.50 bits per heavy atom. The first-order valence-electron chi connectivity index (χ1n) is 8.66. The van der Waals surface area contributed by atoms with E-state index in [1.165, 1.54) is 18.2 Å². The number of hydrogen-bond donors (Lipinski definition) is 1. The van der Waals surface area contributed by atoms with E-state index in [1.54, 1.807) is 0 Å². The van der Waals surface area contributed by atoms with E-state index < -0.39 is 29.3 Å². The van der Waals surface area contributed by atoms with Gasteiger partial charge < -0.3 is 10.5 Å². The maximum Gasteiger partial charge on any atom is 0.270 e. The number of amides is 3. The standard InChI is InChI=1S/C18H16N4O6/c19-14(23)8-28-13-4-3-12(22(26)27)6-11(13)7-20-21-17(24)15-9-1-2-10(5-9)16(15)18(21)25/h1-4,6-7,9-10,15-16H,5,8H2,(H2,19,23). The Kier molecular flexibility index (Phi) is 4.17. The Balaban J connectivity index is 1.61. The van der Waals surface area contributed by atoms with E-state index >= 15 is 0 Å². The zero-order chi connectivity index (χ0) is 20.0. The first-order chi connectivity index (χ1) is 13.4. The number of hydrazone groups is 1. The van der Waals surface area contributed by atoms with Crippen LogP contribution in [0.1, 0.15) is 12.0 Å². The van der Waals surface area contributed by atoms with Crippen LogP contribution < -0.4 is 10.5 Å². The molecule has 1 saturated carbocycles. The minimum Gasteiger partial charge on any atom is -0.483 e. The second kappa shape index (κ2) is 6.55. The summed E-state index contributed by atoms with van der Waals surface area (Å²) < 4.78 is 5.23. The number of non-ortho nitro benzene ring substituents is 1. The molecule has 4 rings (SSSR count). The Morgan fingerprint density at radius 1 is 1.29 bits per heavy atom. The molecular weight excluding hydrogens is 368 g/mol. The minimum absolute atomic E-state index is 0.0546. The summed E-state index contributed by atoms with van der Waals surface area (Å²) in [6.45, 7) is -0.431. The van der Waals surface area contributed by atoms with Gasteiger partial charge in [-0.2, -0.15) is 10.1 Å². The number of allylic oxidation sites excluding steroid dienone is 2. The maximum atomic E-state index is 12.6. The molecule has 28 heavy (non-hydrogen) atoms. The highest BCUT2D eigenvalue weighted by Gasteiger charge is 2.59. The van der Waals surface area contributed by atoms with Gasteiger partial charge >= 0.3 is 0 Å². The second-order valence-corrected chi connectivity index (χ2v) is 6.97. The van der Waals surface area contributed by atoms with Gasteiger partial charge in [0.15, 0.2) is 6.61 Å². The summed E-state index contributed by atoms with van der Waals surface area (Å²) in [7, 11) is 0. The lowest BCUT2D eigenvalue weighted by Crippen LogP contribution is -2.28. The van der Waals surface area contributed by atoms with Crippen molar-refractivity contribution < 1.29 is 24.0 Å². The lowest BCUT2D eigenvalue weighted by Gasteiger charge is -2.13. The van der Waals surface area contributed by atoms with E-state index in [1.807, 2.05) is 12.2 Å². The third kappa shape index (κ3) is 2.82. The second-order valence-electron chi connectivity index (χ2n) is 6.97. The zero-order valence-corrected chi connectivity index (χ0v) is 14.6. The molecule has 144 valence electrons.